The smallest absolute Gasteiger partial charge is 0.135 e. The summed E-state index contributed by atoms with van der Waals surface area (Å²) in [5.41, 5.74) is 0.0235. The van der Waals surface area contributed by atoms with E-state index in [0.29, 0.717) is 6.42 Å². The van der Waals surface area contributed by atoms with E-state index >= 15 is 0 Å². The molecule has 0 N–H and O–H groups in total. The summed E-state index contributed by atoms with van der Waals surface area (Å²) in [6, 6.07) is 2.14. The maximum Gasteiger partial charge on any atom is 0.135 e. The van der Waals surface area contributed by atoms with Gasteiger partial charge in [0.05, 0.1) is 12.7 Å². The number of fused-ring (bicyclic) bond motifs is 1. The number of nitriles is 1. The van der Waals surface area contributed by atoms with Crippen LogP contribution < -0.4 is 0 Å². The van der Waals surface area contributed by atoms with E-state index in [1.54, 1.807) is 0 Å². The molecule has 0 spiro atoms. The van der Waals surface area contributed by atoms with E-state index in [9.17, 15) is 0 Å². The van der Waals surface area contributed by atoms with E-state index in [-0.39, 0.29) is 5.72 Å². The fourth-order valence-corrected chi connectivity index (χ4v) is 1.59. The zero-order valence-electron chi connectivity index (χ0n) is 5.84. The highest BCUT2D eigenvalue weighted by Crippen LogP contribution is 2.41. The van der Waals surface area contributed by atoms with Crippen molar-refractivity contribution < 1.29 is 4.74 Å². The Balaban J connectivity index is 1.88. The van der Waals surface area contributed by atoms with Crippen LogP contribution in [0.4, 0.5) is 0 Å². The second-order valence-electron chi connectivity index (χ2n) is 2.87. The van der Waals surface area contributed by atoms with Crippen LogP contribution in [-0.2, 0) is 4.74 Å². The predicted octanol–water partition coefficient (Wildman–Crippen LogP) is 0.332. The third-order valence-electron chi connectivity index (χ3n) is 2.27. The number of rotatable bonds is 2. The molecular weight excluding hydrogens is 128 g/mol. The van der Waals surface area contributed by atoms with Gasteiger partial charge in [0.15, 0.2) is 0 Å². The number of ether oxygens (including phenoxy) is 1. The molecule has 2 unspecified atom stereocenters. The summed E-state index contributed by atoms with van der Waals surface area (Å²) in [7, 11) is 0. The summed E-state index contributed by atoms with van der Waals surface area (Å²) >= 11 is 0. The fourth-order valence-electron chi connectivity index (χ4n) is 1.59. The molecule has 0 amide bonds. The van der Waals surface area contributed by atoms with Gasteiger partial charge >= 0.3 is 0 Å². The first-order valence-electron chi connectivity index (χ1n) is 3.63. The van der Waals surface area contributed by atoms with E-state index in [1.165, 1.54) is 0 Å². The van der Waals surface area contributed by atoms with Crippen molar-refractivity contribution in [3.05, 3.63) is 0 Å². The molecule has 2 saturated heterocycles. The van der Waals surface area contributed by atoms with Gasteiger partial charge in [-0.05, 0) is 0 Å². The third-order valence-corrected chi connectivity index (χ3v) is 2.27. The van der Waals surface area contributed by atoms with Gasteiger partial charge in [-0.25, -0.2) is 0 Å². The van der Waals surface area contributed by atoms with Crippen molar-refractivity contribution in [1.29, 1.82) is 5.26 Å². The molecule has 2 rings (SSSR count). The van der Waals surface area contributed by atoms with Gasteiger partial charge in [0, 0.05) is 25.9 Å². The first kappa shape index (κ1) is 6.14. The average Bonchev–Trinajstić information content (AvgIpc) is 2.51. The summed E-state index contributed by atoms with van der Waals surface area (Å²) in [6.07, 6.45) is 1.51. The van der Waals surface area contributed by atoms with Gasteiger partial charge in [-0.15, -0.1) is 0 Å². The first-order valence-corrected chi connectivity index (χ1v) is 3.63. The Morgan fingerprint density at radius 1 is 1.70 bits per heavy atom. The highest BCUT2D eigenvalue weighted by atomic mass is 16.5. The molecule has 2 aliphatic heterocycles. The normalized spacial score (nSPS) is 42.5. The molecule has 2 fully saturated rings. The number of hydrogen-bond acceptors (Lipinski definition) is 3. The summed E-state index contributed by atoms with van der Waals surface area (Å²) in [5.74, 6) is 0. The Labute approximate surface area is 60.2 Å². The third kappa shape index (κ3) is 0.731. The standard InChI is InChI=1S/C7H10N2O/c8-3-1-2-7-6-9(7)4-5-10-7/h1-2,4-6H2. The van der Waals surface area contributed by atoms with E-state index < -0.39 is 0 Å². The Kier molecular flexibility index (Phi) is 1.19. The lowest BCUT2D eigenvalue weighted by molar-refractivity contribution is 0.0549. The Morgan fingerprint density at radius 3 is 3.10 bits per heavy atom. The molecule has 0 bridgehead atoms. The van der Waals surface area contributed by atoms with Crippen molar-refractivity contribution in [1.82, 2.24) is 4.90 Å². The van der Waals surface area contributed by atoms with Crippen LogP contribution in [0.1, 0.15) is 12.8 Å². The molecule has 0 saturated carbocycles. The molecule has 0 aromatic rings. The van der Waals surface area contributed by atoms with Gasteiger partial charge in [-0.3, -0.25) is 4.90 Å². The van der Waals surface area contributed by atoms with Gasteiger partial charge in [0.25, 0.3) is 0 Å². The number of morpholine rings is 1. The van der Waals surface area contributed by atoms with Crippen molar-refractivity contribution in [2.45, 2.75) is 18.6 Å². The maximum atomic E-state index is 8.34. The van der Waals surface area contributed by atoms with Gasteiger partial charge in [0.1, 0.15) is 5.72 Å². The van der Waals surface area contributed by atoms with Crippen LogP contribution in [0.25, 0.3) is 0 Å². The zero-order valence-corrected chi connectivity index (χ0v) is 5.84. The second kappa shape index (κ2) is 1.94. The summed E-state index contributed by atoms with van der Waals surface area (Å²) in [4.78, 5) is 2.28. The summed E-state index contributed by atoms with van der Waals surface area (Å²) in [5, 5.41) is 8.34. The molecule has 3 nitrogen and oxygen atoms in total. The minimum Gasteiger partial charge on any atom is -0.358 e. The van der Waals surface area contributed by atoms with Crippen LogP contribution in [0, 0.1) is 11.3 Å². The molecule has 2 heterocycles. The van der Waals surface area contributed by atoms with Crippen molar-refractivity contribution in [3.63, 3.8) is 0 Å². The molecule has 2 atom stereocenters. The van der Waals surface area contributed by atoms with Crippen LogP contribution in [-0.4, -0.2) is 30.3 Å². The van der Waals surface area contributed by atoms with Gasteiger partial charge in [-0.2, -0.15) is 5.26 Å². The first-order chi connectivity index (χ1) is 4.87. The van der Waals surface area contributed by atoms with E-state index in [0.717, 1.165) is 26.1 Å². The van der Waals surface area contributed by atoms with Crippen LogP contribution >= 0.6 is 0 Å². The van der Waals surface area contributed by atoms with E-state index in [4.69, 9.17) is 10.00 Å². The van der Waals surface area contributed by atoms with Crippen molar-refractivity contribution >= 4 is 0 Å². The van der Waals surface area contributed by atoms with E-state index in [1.807, 2.05) is 0 Å². The zero-order chi connectivity index (χ0) is 7.03. The van der Waals surface area contributed by atoms with Crippen LogP contribution in [0.3, 0.4) is 0 Å². The molecule has 10 heavy (non-hydrogen) atoms. The molecular formula is C7H10N2O. The summed E-state index contributed by atoms with van der Waals surface area (Å²) in [6.45, 7) is 2.96. The predicted molar refractivity (Wildman–Crippen MR) is 35.1 cm³/mol. The molecule has 2 aliphatic rings. The lowest BCUT2D eigenvalue weighted by Crippen LogP contribution is -2.13. The molecule has 0 aliphatic carbocycles. The van der Waals surface area contributed by atoms with Crippen LogP contribution in [0.2, 0.25) is 0 Å². The van der Waals surface area contributed by atoms with E-state index in [2.05, 4.69) is 11.0 Å². The van der Waals surface area contributed by atoms with Crippen LogP contribution in [0.15, 0.2) is 0 Å². The topological polar surface area (TPSA) is 36.0 Å². The van der Waals surface area contributed by atoms with Gasteiger partial charge < -0.3 is 4.74 Å². The quantitative estimate of drug-likeness (QED) is 0.516. The Morgan fingerprint density at radius 2 is 2.60 bits per heavy atom. The monoisotopic (exact) mass is 138 g/mol. The molecule has 54 valence electrons. The summed E-state index contributed by atoms with van der Waals surface area (Å²) < 4.78 is 5.49. The lowest BCUT2D eigenvalue weighted by Gasteiger charge is -2.06. The average molecular weight is 138 g/mol. The Hall–Kier alpha value is -0.590. The number of hydrogen-bond donors (Lipinski definition) is 0. The Bertz CT molecular complexity index is 187. The minimum absolute atomic E-state index is 0.0235. The molecule has 3 heteroatoms. The van der Waals surface area contributed by atoms with Crippen LogP contribution in [0.5, 0.6) is 0 Å². The second-order valence-corrected chi connectivity index (χ2v) is 2.87. The van der Waals surface area contributed by atoms with Crippen molar-refractivity contribution in [3.8, 4) is 6.07 Å². The molecule has 0 aromatic heterocycles. The highest BCUT2D eigenvalue weighted by Gasteiger charge is 2.56. The fraction of sp³-hybridized carbons (Fsp3) is 0.857. The molecule has 0 radical (unpaired) electrons. The maximum absolute atomic E-state index is 8.34. The lowest BCUT2D eigenvalue weighted by atomic mass is 10.2. The van der Waals surface area contributed by atoms with Crippen molar-refractivity contribution in [2.24, 2.45) is 0 Å². The van der Waals surface area contributed by atoms with Crippen molar-refractivity contribution in [2.75, 3.05) is 19.7 Å². The SMILES string of the molecule is N#CCCC12CN1CCO2. The highest BCUT2D eigenvalue weighted by molar-refractivity contribution is 5.04. The molecule has 0 aromatic carbocycles. The number of nitrogens with zero attached hydrogens (tertiary/aromatic N) is 2. The minimum atomic E-state index is 0.0235. The van der Waals surface area contributed by atoms with Gasteiger partial charge in [0.2, 0.25) is 0 Å². The largest absolute Gasteiger partial charge is 0.358 e. The van der Waals surface area contributed by atoms with Gasteiger partial charge in [-0.1, -0.05) is 0 Å².